The van der Waals surface area contributed by atoms with E-state index in [0.29, 0.717) is 31.0 Å². The van der Waals surface area contributed by atoms with Crippen molar-refractivity contribution in [2.45, 2.75) is 50.5 Å². The van der Waals surface area contributed by atoms with Crippen molar-refractivity contribution in [3.05, 3.63) is 0 Å². The lowest BCUT2D eigenvalue weighted by molar-refractivity contribution is -0.150. The Labute approximate surface area is 114 Å². The van der Waals surface area contributed by atoms with Crippen LogP contribution in [0.5, 0.6) is 0 Å². The average Bonchev–Trinajstić information content (AvgIpc) is 3.10. The Bertz CT molecular complexity index is 423. The molecule has 0 aromatic heterocycles. The van der Waals surface area contributed by atoms with Crippen LogP contribution in [0.1, 0.15) is 44.9 Å². The molecule has 0 radical (unpaired) electrons. The summed E-state index contributed by atoms with van der Waals surface area (Å²) < 4.78 is 5.44. The SMILES string of the molecule is N#CC1(C2(O)CC3CC2C2CCCC32)CCOCC1. The first-order valence-electron chi connectivity index (χ1n) is 7.92. The van der Waals surface area contributed by atoms with Crippen LogP contribution < -0.4 is 0 Å². The summed E-state index contributed by atoms with van der Waals surface area (Å²) in [6.07, 6.45) is 7.49. The van der Waals surface area contributed by atoms with Gasteiger partial charge in [-0.3, -0.25) is 0 Å². The third-order valence-corrected chi connectivity index (χ3v) is 6.88. The van der Waals surface area contributed by atoms with Gasteiger partial charge in [-0.05, 0) is 62.2 Å². The summed E-state index contributed by atoms with van der Waals surface area (Å²) >= 11 is 0. The van der Waals surface area contributed by atoms with Gasteiger partial charge in [0.05, 0.1) is 17.1 Å². The normalized spacial score (nSPS) is 50.9. The van der Waals surface area contributed by atoms with E-state index >= 15 is 0 Å². The van der Waals surface area contributed by atoms with Crippen molar-refractivity contribution >= 4 is 0 Å². The standard InChI is InChI=1S/C16H23NO2/c17-10-15(4-6-19-7-5-15)16(18)9-11-8-14(16)13-3-1-2-12(11)13/h11-14,18H,1-9H2. The predicted molar refractivity (Wildman–Crippen MR) is 70.1 cm³/mol. The summed E-state index contributed by atoms with van der Waals surface area (Å²) in [4.78, 5) is 0. The first-order valence-corrected chi connectivity index (χ1v) is 7.92. The second-order valence-electron chi connectivity index (χ2n) is 7.30. The lowest BCUT2D eigenvalue weighted by Crippen LogP contribution is -2.56. The fourth-order valence-corrected chi connectivity index (χ4v) is 6.02. The van der Waals surface area contributed by atoms with E-state index in [4.69, 9.17) is 4.74 Å². The molecule has 0 aromatic rings. The van der Waals surface area contributed by atoms with Gasteiger partial charge in [0.15, 0.2) is 0 Å². The molecule has 1 heterocycles. The molecule has 1 saturated heterocycles. The fourth-order valence-electron chi connectivity index (χ4n) is 6.02. The zero-order valence-corrected chi connectivity index (χ0v) is 11.5. The topological polar surface area (TPSA) is 53.2 Å². The van der Waals surface area contributed by atoms with Crippen LogP contribution in [0.4, 0.5) is 0 Å². The van der Waals surface area contributed by atoms with Crippen molar-refractivity contribution in [1.82, 2.24) is 0 Å². The maximum Gasteiger partial charge on any atom is 0.0906 e. The minimum absolute atomic E-state index is 0.391. The highest BCUT2D eigenvalue weighted by atomic mass is 16.5. The van der Waals surface area contributed by atoms with Gasteiger partial charge in [0.1, 0.15) is 0 Å². The minimum atomic E-state index is -0.721. The van der Waals surface area contributed by atoms with Gasteiger partial charge in [-0.1, -0.05) is 6.42 Å². The molecule has 3 nitrogen and oxygen atoms in total. The number of ether oxygens (including phenoxy) is 1. The number of hydrogen-bond acceptors (Lipinski definition) is 3. The highest BCUT2D eigenvalue weighted by Gasteiger charge is 2.67. The first-order chi connectivity index (χ1) is 9.20. The summed E-state index contributed by atoms with van der Waals surface area (Å²) in [5.41, 5.74) is -1.25. The highest BCUT2D eigenvalue weighted by Crippen LogP contribution is 2.67. The maximum absolute atomic E-state index is 11.4. The number of fused-ring (bicyclic) bond motifs is 5. The van der Waals surface area contributed by atoms with Crippen LogP contribution in [-0.2, 0) is 4.74 Å². The van der Waals surface area contributed by atoms with Crippen molar-refractivity contribution in [3.63, 3.8) is 0 Å². The second kappa shape index (κ2) is 3.96. The lowest BCUT2D eigenvalue weighted by atomic mass is 9.58. The van der Waals surface area contributed by atoms with Crippen LogP contribution in [0.2, 0.25) is 0 Å². The van der Waals surface area contributed by atoms with Crippen molar-refractivity contribution < 1.29 is 9.84 Å². The van der Waals surface area contributed by atoms with Gasteiger partial charge in [0.2, 0.25) is 0 Å². The molecular weight excluding hydrogens is 238 g/mol. The van der Waals surface area contributed by atoms with Crippen LogP contribution in [0.15, 0.2) is 0 Å². The van der Waals surface area contributed by atoms with Crippen LogP contribution in [-0.4, -0.2) is 23.9 Å². The largest absolute Gasteiger partial charge is 0.388 e. The van der Waals surface area contributed by atoms with Gasteiger partial charge < -0.3 is 9.84 Å². The van der Waals surface area contributed by atoms with Crippen molar-refractivity contribution in [2.75, 3.05) is 13.2 Å². The molecule has 3 heteroatoms. The molecule has 0 spiro atoms. The monoisotopic (exact) mass is 261 g/mol. The van der Waals surface area contributed by atoms with E-state index in [9.17, 15) is 10.4 Å². The highest BCUT2D eigenvalue weighted by molar-refractivity contribution is 5.22. The van der Waals surface area contributed by atoms with E-state index in [1.165, 1.54) is 25.7 Å². The molecule has 104 valence electrons. The van der Waals surface area contributed by atoms with Gasteiger partial charge in [-0.2, -0.15) is 5.26 Å². The van der Waals surface area contributed by atoms with Gasteiger partial charge >= 0.3 is 0 Å². The number of hydrogen-bond donors (Lipinski definition) is 1. The molecule has 0 amide bonds. The van der Waals surface area contributed by atoms with Crippen molar-refractivity contribution in [2.24, 2.45) is 29.1 Å². The van der Waals surface area contributed by atoms with E-state index in [1.54, 1.807) is 0 Å². The van der Waals surface area contributed by atoms with Gasteiger partial charge in [-0.15, -0.1) is 0 Å². The third-order valence-electron chi connectivity index (χ3n) is 6.88. The Morgan fingerprint density at radius 2 is 1.89 bits per heavy atom. The van der Waals surface area contributed by atoms with Crippen molar-refractivity contribution in [1.29, 1.82) is 5.26 Å². The Morgan fingerprint density at radius 1 is 1.16 bits per heavy atom. The lowest BCUT2D eigenvalue weighted by Gasteiger charge is -2.50. The Morgan fingerprint density at radius 3 is 2.63 bits per heavy atom. The number of rotatable bonds is 1. The summed E-state index contributed by atoms with van der Waals surface area (Å²) in [5.74, 6) is 2.65. The van der Waals surface area contributed by atoms with E-state index < -0.39 is 11.0 Å². The molecule has 0 aromatic carbocycles. The molecule has 3 saturated carbocycles. The zero-order chi connectivity index (χ0) is 13.1. The quantitative estimate of drug-likeness (QED) is 0.789. The Balaban J connectivity index is 1.69. The van der Waals surface area contributed by atoms with Crippen LogP contribution >= 0.6 is 0 Å². The van der Waals surface area contributed by atoms with E-state index in [2.05, 4.69) is 6.07 Å². The first kappa shape index (κ1) is 12.2. The van der Waals surface area contributed by atoms with E-state index in [-0.39, 0.29) is 0 Å². The van der Waals surface area contributed by atoms with Gasteiger partial charge in [0, 0.05) is 13.2 Å². The second-order valence-corrected chi connectivity index (χ2v) is 7.30. The van der Waals surface area contributed by atoms with Crippen LogP contribution in [0, 0.1) is 40.4 Å². The van der Waals surface area contributed by atoms with E-state index in [1.807, 2.05) is 0 Å². The smallest absolute Gasteiger partial charge is 0.0906 e. The van der Waals surface area contributed by atoms with Crippen molar-refractivity contribution in [3.8, 4) is 6.07 Å². The molecule has 1 aliphatic heterocycles. The number of aliphatic hydroxyl groups is 1. The molecule has 3 aliphatic carbocycles. The summed E-state index contributed by atoms with van der Waals surface area (Å²) in [6.45, 7) is 1.28. The van der Waals surface area contributed by atoms with Gasteiger partial charge in [0.25, 0.3) is 0 Å². The van der Waals surface area contributed by atoms with Crippen LogP contribution in [0.25, 0.3) is 0 Å². The van der Waals surface area contributed by atoms with Crippen LogP contribution in [0.3, 0.4) is 0 Å². The fraction of sp³-hybridized carbons (Fsp3) is 0.938. The summed E-state index contributed by atoms with van der Waals surface area (Å²) in [6, 6.07) is 2.53. The summed E-state index contributed by atoms with van der Waals surface area (Å²) in [7, 11) is 0. The maximum atomic E-state index is 11.4. The third kappa shape index (κ3) is 1.40. The number of nitrogens with zero attached hydrogens (tertiary/aromatic N) is 1. The van der Waals surface area contributed by atoms with E-state index in [0.717, 1.165) is 25.2 Å². The average molecular weight is 261 g/mol. The Kier molecular flexibility index (Phi) is 2.54. The molecule has 2 bridgehead atoms. The molecule has 19 heavy (non-hydrogen) atoms. The Hall–Kier alpha value is -0.590. The summed E-state index contributed by atoms with van der Waals surface area (Å²) in [5, 5.41) is 21.2. The molecule has 4 aliphatic rings. The molecule has 1 N–H and O–H groups in total. The molecule has 5 unspecified atom stereocenters. The molecular formula is C16H23NO2. The number of nitriles is 1. The molecule has 4 rings (SSSR count). The minimum Gasteiger partial charge on any atom is -0.388 e. The molecule has 4 fully saturated rings. The van der Waals surface area contributed by atoms with Gasteiger partial charge in [-0.25, -0.2) is 0 Å². The zero-order valence-electron chi connectivity index (χ0n) is 11.5. The predicted octanol–water partition coefficient (Wildman–Crippen LogP) is 2.49. The molecule has 5 atom stereocenters.